The number of methoxy groups -OCH3 is 1. The predicted molar refractivity (Wildman–Crippen MR) is 124 cm³/mol. The Morgan fingerprint density at radius 2 is 1.61 bits per heavy atom. The van der Waals surface area contributed by atoms with Crippen molar-refractivity contribution < 1.29 is 14.3 Å². The Morgan fingerprint density at radius 3 is 2.29 bits per heavy atom. The van der Waals surface area contributed by atoms with Crippen molar-refractivity contribution in [1.82, 2.24) is 10.2 Å². The molecule has 0 radical (unpaired) electrons. The molecule has 0 aliphatic heterocycles. The lowest BCUT2D eigenvalue weighted by atomic mass is 10.1. The highest BCUT2D eigenvalue weighted by atomic mass is 35.5. The molecule has 0 saturated heterocycles. The van der Waals surface area contributed by atoms with Crippen LogP contribution in [0.15, 0.2) is 66.7 Å². The minimum atomic E-state index is -0.171. The van der Waals surface area contributed by atoms with E-state index in [9.17, 15) is 4.79 Å². The molecule has 3 rings (SSSR count). The standard InChI is InChI=1S/C25H27ClN2O3/c1-28(2)16-20-9-5-4-8-19(20)15-27-25(29)18-12-13-23(24(14-18)30-3)31-17-21-10-6-7-11-22(21)26/h4-14H,15-17H2,1-3H3,(H,27,29). The topological polar surface area (TPSA) is 50.8 Å². The average molecular weight is 439 g/mol. The van der Waals surface area contributed by atoms with Crippen LogP contribution >= 0.6 is 11.6 Å². The van der Waals surface area contributed by atoms with Gasteiger partial charge >= 0.3 is 0 Å². The first-order chi connectivity index (χ1) is 15.0. The smallest absolute Gasteiger partial charge is 0.251 e. The molecule has 1 N–H and O–H groups in total. The lowest BCUT2D eigenvalue weighted by Crippen LogP contribution is -2.24. The second-order valence-corrected chi connectivity index (χ2v) is 7.84. The molecule has 0 atom stereocenters. The highest BCUT2D eigenvalue weighted by Gasteiger charge is 2.13. The van der Waals surface area contributed by atoms with Gasteiger partial charge in [0.25, 0.3) is 5.91 Å². The van der Waals surface area contributed by atoms with Gasteiger partial charge in [0.1, 0.15) is 6.61 Å². The van der Waals surface area contributed by atoms with E-state index < -0.39 is 0 Å². The van der Waals surface area contributed by atoms with E-state index in [-0.39, 0.29) is 5.91 Å². The lowest BCUT2D eigenvalue weighted by Gasteiger charge is -2.15. The summed E-state index contributed by atoms with van der Waals surface area (Å²) in [6.07, 6.45) is 0. The third kappa shape index (κ3) is 6.23. The van der Waals surface area contributed by atoms with Crippen LogP contribution in [0.3, 0.4) is 0 Å². The summed E-state index contributed by atoms with van der Waals surface area (Å²) in [4.78, 5) is 14.8. The Balaban J connectivity index is 1.66. The van der Waals surface area contributed by atoms with Gasteiger partial charge in [-0.25, -0.2) is 0 Å². The molecule has 0 spiro atoms. The molecule has 0 unspecified atom stereocenters. The van der Waals surface area contributed by atoms with Gasteiger partial charge in [-0.05, 0) is 49.5 Å². The summed E-state index contributed by atoms with van der Waals surface area (Å²) in [5, 5.41) is 3.64. The van der Waals surface area contributed by atoms with Gasteiger partial charge in [0.15, 0.2) is 11.5 Å². The number of benzene rings is 3. The third-order valence-electron chi connectivity index (χ3n) is 4.81. The molecular weight excluding hydrogens is 412 g/mol. The molecule has 3 aromatic carbocycles. The van der Waals surface area contributed by atoms with E-state index in [0.29, 0.717) is 35.2 Å². The molecule has 162 valence electrons. The number of hydrogen-bond acceptors (Lipinski definition) is 4. The van der Waals surface area contributed by atoms with Crippen LogP contribution in [0.2, 0.25) is 5.02 Å². The Labute approximate surface area is 188 Å². The number of hydrogen-bond donors (Lipinski definition) is 1. The Morgan fingerprint density at radius 1 is 0.935 bits per heavy atom. The minimum Gasteiger partial charge on any atom is -0.493 e. The Kier molecular flexibility index (Phi) is 7.93. The van der Waals surface area contributed by atoms with Gasteiger partial charge in [-0.2, -0.15) is 0 Å². The maximum atomic E-state index is 12.7. The van der Waals surface area contributed by atoms with E-state index in [0.717, 1.165) is 17.7 Å². The normalized spacial score (nSPS) is 10.7. The van der Waals surface area contributed by atoms with Gasteiger partial charge < -0.3 is 19.7 Å². The van der Waals surface area contributed by atoms with Crippen molar-refractivity contribution >= 4 is 17.5 Å². The Bertz CT molecular complexity index is 1040. The molecule has 0 aliphatic carbocycles. The molecule has 0 aromatic heterocycles. The van der Waals surface area contributed by atoms with E-state index in [1.165, 1.54) is 5.56 Å². The first-order valence-corrected chi connectivity index (χ1v) is 10.4. The van der Waals surface area contributed by atoms with Crippen LogP contribution in [-0.2, 0) is 19.7 Å². The highest BCUT2D eigenvalue weighted by Crippen LogP contribution is 2.29. The van der Waals surface area contributed by atoms with Gasteiger partial charge in [-0.1, -0.05) is 54.1 Å². The molecule has 1 amide bonds. The number of ether oxygens (including phenoxy) is 2. The van der Waals surface area contributed by atoms with E-state index in [2.05, 4.69) is 16.3 Å². The monoisotopic (exact) mass is 438 g/mol. The average Bonchev–Trinajstić information content (AvgIpc) is 2.77. The Hall–Kier alpha value is -3.02. The van der Waals surface area contributed by atoms with Crippen LogP contribution in [0.4, 0.5) is 0 Å². The molecule has 3 aromatic rings. The van der Waals surface area contributed by atoms with Gasteiger partial charge in [-0.15, -0.1) is 0 Å². The summed E-state index contributed by atoms with van der Waals surface area (Å²) in [6.45, 7) is 1.58. The van der Waals surface area contributed by atoms with Crippen LogP contribution in [0.25, 0.3) is 0 Å². The quantitative estimate of drug-likeness (QED) is 0.515. The third-order valence-corrected chi connectivity index (χ3v) is 5.18. The minimum absolute atomic E-state index is 0.171. The molecule has 6 heteroatoms. The second-order valence-electron chi connectivity index (χ2n) is 7.43. The number of nitrogens with zero attached hydrogens (tertiary/aromatic N) is 1. The highest BCUT2D eigenvalue weighted by molar-refractivity contribution is 6.31. The number of amides is 1. The van der Waals surface area contributed by atoms with Crippen molar-refractivity contribution in [2.75, 3.05) is 21.2 Å². The summed E-state index contributed by atoms with van der Waals surface area (Å²) >= 11 is 6.19. The second kappa shape index (κ2) is 10.8. The number of nitrogens with one attached hydrogen (secondary N) is 1. The van der Waals surface area contributed by atoms with Crippen molar-refractivity contribution in [3.8, 4) is 11.5 Å². The number of rotatable bonds is 9. The SMILES string of the molecule is COc1cc(C(=O)NCc2ccccc2CN(C)C)ccc1OCc1ccccc1Cl. The maximum Gasteiger partial charge on any atom is 0.251 e. The van der Waals surface area contributed by atoms with Crippen molar-refractivity contribution in [3.63, 3.8) is 0 Å². The van der Waals surface area contributed by atoms with E-state index in [4.69, 9.17) is 21.1 Å². The summed E-state index contributed by atoms with van der Waals surface area (Å²) in [5.74, 6) is 0.874. The predicted octanol–water partition coefficient (Wildman–Crippen LogP) is 4.92. The summed E-state index contributed by atoms with van der Waals surface area (Å²) < 4.78 is 11.3. The lowest BCUT2D eigenvalue weighted by molar-refractivity contribution is 0.0950. The van der Waals surface area contributed by atoms with Gasteiger partial charge in [0, 0.05) is 29.2 Å². The molecule has 0 saturated carbocycles. The molecule has 0 aliphatic rings. The number of carbonyl (C=O) groups excluding carboxylic acids is 1. The van der Waals surface area contributed by atoms with Crippen LogP contribution in [0, 0.1) is 0 Å². The molecule has 0 bridgehead atoms. The van der Waals surface area contributed by atoms with Crippen molar-refractivity contribution in [2.24, 2.45) is 0 Å². The van der Waals surface area contributed by atoms with Crippen molar-refractivity contribution in [2.45, 2.75) is 19.7 Å². The number of halogens is 1. The van der Waals surface area contributed by atoms with Gasteiger partial charge in [0.2, 0.25) is 0 Å². The molecule has 31 heavy (non-hydrogen) atoms. The first-order valence-electron chi connectivity index (χ1n) is 10.0. The zero-order valence-corrected chi connectivity index (χ0v) is 18.8. The molecule has 5 nitrogen and oxygen atoms in total. The van der Waals surface area contributed by atoms with Crippen LogP contribution in [0.1, 0.15) is 27.0 Å². The van der Waals surface area contributed by atoms with E-state index >= 15 is 0 Å². The summed E-state index contributed by atoms with van der Waals surface area (Å²) in [6, 6.07) is 20.8. The summed E-state index contributed by atoms with van der Waals surface area (Å²) in [7, 11) is 5.60. The van der Waals surface area contributed by atoms with Crippen molar-refractivity contribution in [3.05, 3.63) is 94.0 Å². The summed E-state index contributed by atoms with van der Waals surface area (Å²) in [5.41, 5.74) is 3.67. The van der Waals surface area contributed by atoms with E-state index in [1.807, 2.05) is 56.6 Å². The molecule has 0 fully saturated rings. The largest absolute Gasteiger partial charge is 0.493 e. The van der Waals surface area contributed by atoms with Crippen LogP contribution in [-0.4, -0.2) is 32.0 Å². The van der Waals surface area contributed by atoms with Crippen LogP contribution < -0.4 is 14.8 Å². The number of carbonyl (C=O) groups is 1. The molecular formula is C25H27ClN2O3. The zero-order valence-electron chi connectivity index (χ0n) is 18.0. The fourth-order valence-corrected chi connectivity index (χ4v) is 3.39. The van der Waals surface area contributed by atoms with E-state index in [1.54, 1.807) is 25.3 Å². The van der Waals surface area contributed by atoms with Crippen LogP contribution in [0.5, 0.6) is 11.5 Å². The molecule has 0 heterocycles. The maximum absolute atomic E-state index is 12.7. The van der Waals surface area contributed by atoms with Gasteiger partial charge in [-0.3, -0.25) is 4.79 Å². The first kappa shape index (κ1) is 22.7. The zero-order chi connectivity index (χ0) is 22.2. The fraction of sp³-hybridized carbons (Fsp3) is 0.240. The van der Waals surface area contributed by atoms with Gasteiger partial charge in [0.05, 0.1) is 7.11 Å². The van der Waals surface area contributed by atoms with Crippen molar-refractivity contribution in [1.29, 1.82) is 0 Å². The fourth-order valence-electron chi connectivity index (χ4n) is 3.20.